The quantitative estimate of drug-likeness (QED) is 0.197. The fourth-order valence-corrected chi connectivity index (χ4v) is 5.10. The maximum Gasteiger partial charge on any atom is 0.303 e. The molecular weight excluding hydrogens is 476 g/mol. The average molecular weight is 519 g/mol. The van der Waals surface area contributed by atoms with Crippen LogP contribution in [0.15, 0.2) is 36.0 Å². The summed E-state index contributed by atoms with van der Waals surface area (Å²) in [6.45, 7) is 9.91. The normalized spacial score (nSPS) is 35.0. The predicted molar refractivity (Wildman–Crippen MR) is 138 cm³/mol. The molecule has 0 bridgehead atoms. The number of nitrogens with two attached hydrogens (primary N) is 1. The summed E-state index contributed by atoms with van der Waals surface area (Å²) in [5, 5.41) is 3.01. The van der Waals surface area contributed by atoms with Gasteiger partial charge in [0.25, 0.3) is 0 Å². The van der Waals surface area contributed by atoms with Crippen LogP contribution in [0.4, 0.5) is 0 Å². The van der Waals surface area contributed by atoms with E-state index in [1.807, 2.05) is 19.9 Å². The molecular formula is C28H42N2O7. The van der Waals surface area contributed by atoms with Crippen molar-refractivity contribution in [3.63, 3.8) is 0 Å². The summed E-state index contributed by atoms with van der Waals surface area (Å²) in [5.74, 6) is -0.706. The van der Waals surface area contributed by atoms with Crippen molar-refractivity contribution in [3.8, 4) is 0 Å². The first kappa shape index (κ1) is 29.1. The number of ether oxygens (including phenoxy) is 4. The van der Waals surface area contributed by atoms with Crippen molar-refractivity contribution in [1.82, 2.24) is 5.32 Å². The van der Waals surface area contributed by atoms with E-state index in [2.05, 4.69) is 24.4 Å². The van der Waals surface area contributed by atoms with Crippen LogP contribution in [0.1, 0.15) is 66.7 Å². The van der Waals surface area contributed by atoms with Gasteiger partial charge in [-0.05, 0) is 45.6 Å². The van der Waals surface area contributed by atoms with Crippen LogP contribution in [-0.2, 0) is 33.3 Å². The van der Waals surface area contributed by atoms with Crippen molar-refractivity contribution < 1.29 is 33.3 Å². The van der Waals surface area contributed by atoms with Gasteiger partial charge in [0.2, 0.25) is 11.8 Å². The maximum atomic E-state index is 12.3. The van der Waals surface area contributed by atoms with E-state index in [0.717, 1.165) is 31.3 Å². The van der Waals surface area contributed by atoms with E-state index in [4.69, 9.17) is 24.7 Å². The van der Waals surface area contributed by atoms with Crippen molar-refractivity contribution in [2.75, 3.05) is 6.61 Å². The second kappa shape index (κ2) is 12.8. The number of amides is 2. The molecule has 3 rings (SSSR count). The fraction of sp³-hybridized carbons (Fsp3) is 0.679. The largest absolute Gasteiger partial charge is 0.459 e. The number of nitrogens with one attached hydrogen (secondary N) is 1. The zero-order chi connectivity index (χ0) is 27.2. The molecule has 0 aromatic carbocycles. The molecule has 3 heterocycles. The predicted octanol–water partition coefficient (Wildman–Crippen LogP) is 2.88. The molecule has 3 N–H and O–H groups in total. The Morgan fingerprint density at radius 2 is 1.89 bits per heavy atom. The van der Waals surface area contributed by atoms with Crippen LogP contribution >= 0.6 is 0 Å². The molecule has 3 saturated heterocycles. The molecule has 0 aromatic heterocycles. The number of carbonyl (C=O) groups is 3. The molecule has 0 unspecified atom stereocenters. The number of rotatable bonds is 10. The zero-order valence-electron chi connectivity index (χ0n) is 22.6. The number of carbonyl (C=O) groups excluding carboxylic acids is 3. The molecule has 1 spiro atoms. The fourth-order valence-electron chi connectivity index (χ4n) is 5.10. The monoisotopic (exact) mass is 518 g/mol. The molecule has 37 heavy (non-hydrogen) atoms. The minimum absolute atomic E-state index is 0.0556. The molecule has 8 atom stereocenters. The molecule has 9 nitrogen and oxygen atoms in total. The number of esters is 1. The second-order valence-electron chi connectivity index (χ2n) is 10.8. The van der Waals surface area contributed by atoms with Crippen LogP contribution in [0, 0.1) is 5.92 Å². The van der Waals surface area contributed by atoms with E-state index >= 15 is 0 Å². The molecule has 3 aliphatic rings. The third-order valence-corrected chi connectivity index (χ3v) is 7.18. The first-order valence-electron chi connectivity index (χ1n) is 13.2. The summed E-state index contributed by atoms with van der Waals surface area (Å²) < 4.78 is 23.0. The van der Waals surface area contributed by atoms with Gasteiger partial charge in [0.1, 0.15) is 6.10 Å². The Kier molecular flexibility index (Phi) is 10.1. The first-order chi connectivity index (χ1) is 17.4. The molecule has 206 valence electrons. The SMILES string of the molecule is CC(=O)O[C@@H](C)C=CC(=O)N[C@@H]1C[C@H](C)[C@H](CC=C(C)C=C[C@@H]2C[C@]3(CO3)C[C@@H](CC(N)=O)O2)O[C@@H]1C. The van der Waals surface area contributed by atoms with Gasteiger partial charge in [-0.15, -0.1) is 0 Å². The van der Waals surface area contributed by atoms with E-state index in [1.165, 1.54) is 13.0 Å². The summed E-state index contributed by atoms with van der Waals surface area (Å²) in [7, 11) is 0. The van der Waals surface area contributed by atoms with Crippen LogP contribution in [-0.4, -0.2) is 66.6 Å². The molecule has 3 aliphatic heterocycles. The lowest BCUT2D eigenvalue weighted by atomic mass is 9.88. The molecule has 9 heteroatoms. The highest BCUT2D eigenvalue weighted by atomic mass is 16.6. The van der Waals surface area contributed by atoms with Crippen molar-refractivity contribution in [2.24, 2.45) is 11.7 Å². The Labute approximate surface area is 219 Å². The van der Waals surface area contributed by atoms with E-state index in [1.54, 1.807) is 13.0 Å². The van der Waals surface area contributed by atoms with Gasteiger partial charge in [-0.25, -0.2) is 0 Å². The number of primary amides is 1. The van der Waals surface area contributed by atoms with Crippen molar-refractivity contribution in [3.05, 3.63) is 36.0 Å². The summed E-state index contributed by atoms with van der Waals surface area (Å²) >= 11 is 0. The molecule has 0 aliphatic carbocycles. The Bertz CT molecular complexity index is 923. The third-order valence-electron chi connectivity index (χ3n) is 7.18. The number of allylic oxidation sites excluding steroid dienone is 2. The van der Waals surface area contributed by atoms with Gasteiger partial charge in [-0.3, -0.25) is 14.4 Å². The highest BCUT2D eigenvalue weighted by molar-refractivity contribution is 5.87. The minimum atomic E-state index is -0.458. The smallest absolute Gasteiger partial charge is 0.303 e. The van der Waals surface area contributed by atoms with Gasteiger partial charge in [-0.2, -0.15) is 0 Å². The minimum Gasteiger partial charge on any atom is -0.459 e. The van der Waals surface area contributed by atoms with Gasteiger partial charge in [0.15, 0.2) is 0 Å². The summed E-state index contributed by atoms with van der Waals surface area (Å²) in [6, 6.07) is -0.0915. The molecule has 2 amide bonds. The maximum absolute atomic E-state index is 12.3. The van der Waals surface area contributed by atoms with Gasteiger partial charge in [-0.1, -0.05) is 30.7 Å². The summed E-state index contributed by atoms with van der Waals surface area (Å²) in [5.41, 5.74) is 6.32. The van der Waals surface area contributed by atoms with Crippen LogP contribution in [0.5, 0.6) is 0 Å². The number of epoxide rings is 1. The van der Waals surface area contributed by atoms with Gasteiger partial charge in [0.05, 0.1) is 49.1 Å². The van der Waals surface area contributed by atoms with Gasteiger partial charge < -0.3 is 30.0 Å². The zero-order valence-corrected chi connectivity index (χ0v) is 22.6. The van der Waals surface area contributed by atoms with Gasteiger partial charge >= 0.3 is 5.97 Å². The summed E-state index contributed by atoms with van der Waals surface area (Å²) in [6.07, 6.45) is 11.7. The Hall–Kier alpha value is -2.49. The van der Waals surface area contributed by atoms with Crippen molar-refractivity contribution in [1.29, 1.82) is 0 Å². The first-order valence-corrected chi connectivity index (χ1v) is 13.2. The number of hydrogen-bond donors (Lipinski definition) is 2. The highest BCUT2D eigenvalue weighted by Crippen LogP contribution is 2.43. The lowest BCUT2D eigenvalue weighted by Crippen LogP contribution is -2.50. The van der Waals surface area contributed by atoms with Crippen LogP contribution in [0.3, 0.4) is 0 Å². The van der Waals surface area contributed by atoms with E-state index in [0.29, 0.717) is 6.61 Å². The lowest BCUT2D eigenvalue weighted by Gasteiger charge is -2.39. The topological polar surface area (TPSA) is 129 Å². The standard InChI is InChI=1S/C28H42N2O7/c1-17(6-9-22-14-28(16-34-28)15-23(37-22)13-26(29)32)7-10-25-18(2)12-24(20(4)36-25)30-27(33)11-8-19(3)35-21(5)31/h6-9,11,18-20,22-25H,10,12-16H2,1-5H3,(H2,29,32)(H,30,33)/t18-,19-,20+,22+,23+,24+,25-,28+/m0/s1. The Morgan fingerprint density at radius 1 is 1.16 bits per heavy atom. The van der Waals surface area contributed by atoms with Gasteiger partial charge in [0, 0.05) is 25.8 Å². The lowest BCUT2D eigenvalue weighted by molar-refractivity contribution is -0.143. The van der Waals surface area contributed by atoms with E-state index in [-0.39, 0.29) is 66.2 Å². The third kappa shape index (κ3) is 9.39. The van der Waals surface area contributed by atoms with Crippen molar-refractivity contribution >= 4 is 17.8 Å². The molecule has 0 radical (unpaired) electrons. The van der Waals surface area contributed by atoms with Crippen molar-refractivity contribution in [2.45, 2.75) is 109 Å². The number of hydrogen-bond acceptors (Lipinski definition) is 7. The molecule has 3 fully saturated rings. The average Bonchev–Trinajstić information content (AvgIpc) is 3.54. The second-order valence-corrected chi connectivity index (χ2v) is 10.8. The van der Waals surface area contributed by atoms with E-state index in [9.17, 15) is 14.4 Å². The molecule has 0 saturated carbocycles. The summed E-state index contributed by atoms with van der Waals surface area (Å²) in [4.78, 5) is 34.7. The van der Waals surface area contributed by atoms with Crippen LogP contribution < -0.4 is 11.1 Å². The molecule has 0 aromatic rings. The van der Waals surface area contributed by atoms with E-state index < -0.39 is 6.10 Å². The highest BCUT2D eigenvalue weighted by Gasteiger charge is 2.51. The van der Waals surface area contributed by atoms with Crippen LogP contribution in [0.2, 0.25) is 0 Å². The Morgan fingerprint density at radius 3 is 2.54 bits per heavy atom. The Balaban J connectivity index is 1.46. The van der Waals surface area contributed by atoms with Crippen LogP contribution in [0.25, 0.3) is 0 Å².